The van der Waals surface area contributed by atoms with Gasteiger partial charge in [0.2, 0.25) is 0 Å². The van der Waals surface area contributed by atoms with Crippen molar-refractivity contribution in [3.05, 3.63) is 23.7 Å². The van der Waals surface area contributed by atoms with Gasteiger partial charge >= 0.3 is 5.97 Å². The number of aliphatic carboxylic acids is 1. The van der Waals surface area contributed by atoms with Gasteiger partial charge in [0.1, 0.15) is 11.3 Å². The Balaban J connectivity index is 2.85. The third kappa shape index (κ3) is 2.42. The van der Waals surface area contributed by atoms with Gasteiger partial charge in [0.15, 0.2) is 0 Å². The van der Waals surface area contributed by atoms with Gasteiger partial charge in [-0.2, -0.15) is 0 Å². The average Bonchev–Trinajstić information content (AvgIpc) is 2.64. The van der Waals surface area contributed by atoms with Gasteiger partial charge in [-0.1, -0.05) is 6.92 Å². The van der Waals surface area contributed by atoms with E-state index in [1.807, 2.05) is 6.92 Å². The summed E-state index contributed by atoms with van der Waals surface area (Å²) in [6, 6.07) is 1.53. The fraction of sp³-hybridized carbons (Fsp3) is 0.455. The molecule has 0 aliphatic rings. The van der Waals surface area contributed by atoms with Crippen molar-refractivity contribution in [3.63, 3.8) is 0 Å². The summed E-state index contributed by atoms with van der Waals surface area (Å²) >= 11 is 0. The Labute approximate surface area is 93.4 Å². The SMILES string of the molecule is CCc1occc1C(=O)NC(C)(C)C(=O)O. The second-order valence-electron chi connectivity index (χ2n) is 4.00. The van der Waals surface area contributed by atoms with Crippen LogP contribution < -0.4 is 5.32 Å². The zero-order chi connectivity index (χ0) is 12.3. The lowest BCUT2D eigenvalue weighted by atomic mass is 10.1. The lowest BCUT2D eigenvalue weighted by molar-refractivity contribution is -0.143. The van der Waals surface area contributed by atoms with Crippen LogP contribution in [0.25, 0.3) is 0 Å². The van der Waals surface area contributed by atoms with Gasteiger partial charge < -0.3 is 14.8 Å². The Bertz CT molecular complexity index is 406. The van der Waals surface area contributed by atoms with Gasteiger partial charge in [0.25, 0.3) is 5.91 Å². The summed E-state index contributed by atoms with van der Waals surface area (Å²) in [6.45, 7) is 4.72. The van der Waals surface area contributed by atoms with Crippen molar-refractivity contribution in [2.24, 2.45) is 0 Å². The van der Waals surface area contributed by atoms with E-state index in [9.17, 15) is 9.59 Å². The van der Waals surface area contributed by atoms with Crippen molar-refractivity contribution in [2.75, 3.05) is 0 Å². The molecule has 0 saturated carbocycles. The molecule has 0 aliphatic heterocycles. The maximum absolute atomic E-state index is 11.8. The molecule has 2 N–H and O–H groups in total. The first-order valence-electron chi connectivity index (χ1n) is 5.00. The fourth-order valence-electron chi connectivity index (χ4n) is 1.22. The molecule has 16 heavy (non-hydrogen) atoms. The normalized spacial score (nSPS) is 11.2. The standard InChI is InChI=1S/C11H15NO4/c1-4-8-7(5-6-16-8)9(13)12-11(2,3)10(14)15/h5-6H,4H2,1-3H3,(H,12,13)(H,14,15). The average molecular weight is 225 g/mol. The summed E-state index contributed by atoms with van der Waals surface area (Å²) in [5.74, 6) is -0.959. The molecule has 0 atom stereocenters. The zero-order valence-electron chi connectivity index (χ0n) is 9.53. The molecule has 0 aliphatic carbocycles. The monoisotopic (exact) mass is 225 g/mol. The van der Waals surface area contributed by atoms with Gasteiger partial charge in [0.05, 0.1) is 11.8 Å². The van der Waals surface area contributed by atoms with Gasteiger partial charge in [-0.05, 0) is 19.9 Å². The van der Waals surface area contributed by atoms with E-state index in [0.717, 1.165) is 0 Å². The molecule has 0 fully saturated rings. The number of aryl methyl sites for hydroxylation is 1. The van der Waals surface area contributed by atoms with E-state index in [1.165, 1.54) is 26.2 Å². The van der Waals surface area contributed by atoms with E-state index in [4.69, 9.17) is 9.52 Å². The summed E-state index contributed by atoms with van der Waals surface area (Å²) in [7, 11) is 0. The summed E-state index contributed by atoms with van der Waals surface area (Å²) in [6.07, 6.45) is 2.00. The number of carboxylic acid groups (broad SMARTS) is 1. The van der Waals surface area contributed by atoms with Crippen LogP contribution in [0.15, 0.2) is 16.7 Å². The molecule has 5 heteroatoms. The second-order valence-corrected chi connectivity index (χ2v) is 4.00. The van der Waals surface area contributed by atoms with Crippen molar-refractivity contribution in [3.8, 4) is 0 Å². The maximum Gasteiger partial charge on any atom is 0.328 e. The number of hydrogen-bond acceptors (Lipinski definition) is 3. The summed E-state index contributed by atoms with van der Waals surface area (Å²) in [5.41, 5.74) is -0.906. The maximum atomic E-state index is 11.8. The van der Waals surface area contributed by atoms with Crippen LogP contribution in [0.3, 0.4) is 0 Å². The molecule has 0 spiro atoms. The topological polar surface area (TPSA) is 79.5 Å². The van der Waals surface area contributed by atoms with Crippen LogP contribution in [0.1, 0.15) is 36.9 Å². The van der Waals surface area contributed by atoms with Crippen LogP contribution in [0.4, 0.5) is 0 Å². The Morgan fingerprint density at radius 3 is 2.62 bits per heavy atom. The largest absolute Gasteiger partial charge is 0.480 e. The van der Waals surface area contributed by atoms with Crippen molar-refractivity contribution in [1.82, 2.24) is 5.32 Å². The number of nitrogens with one attached hydrogen (secondary N) is 1. The van der Waals surface area contributed by atoms with Gasteiger partial charge in [-0.3, -0.25) is 4.79 Å². The molecular weight excluding hydrogens is 210 g/mol. The Kier molecular flexibility index (Phi) is 3.37. The number of carbonyl (C=O) groups is 2. The minimum Gasteiger partial charge on any atom is -0.480 e. The minimum atomic E-state index is -1.29. The molecule has 0 radical (unpaired) electrons. The lowest BCUT2D eigenvalue weighted by Crippen LogP contribution is -2.49. The smallest absolute Gasteiger partial charge is 0.328 e. The molecule has 0 aromatic carbocycles. The van der Waals surface area contributed by atoms with E-state index in [1.54, 1.807) is 0 Å². The highest BCUT2D eigenvalue weighted by Gasteiger charge is 2.30. The number of carbonyl (C=O) groups excluding carboxylic acids is 1. The molecule has 1 aromatic rings. The predicted octanol–water partition coefficient (Wildman–Crippen LogP) is 1.44. The molecule has 5 nitrogen and oxygen atoms in total. The highest BCUT2D eigenvalue weighted by Crippen LogP contribution is 2.13. The van der Waals surface area contributed by atoms with Crippen LogP contribution in [0.2, 0.25) is 0 Å². The van der Waals surface area contributed by atoms with Crippen molar-refractivity contribution >= 4 is 11.9 Å². The van der Waals surface area contributed by atoms with Gasteiger partial charge in [-0.25, -0.2) is 4.79 Å². The quantitative estimate of drug-likeness (QED) is 0.812. The zero-order valence-corrected chi connectivity index (χ0v) is 9.53. The van der Waals surface area contributed by atoms with Gasteiger partial charge in [-0.15, -0.1) is 0 Å². The van der Waals surface area contributed by atoms with E-state index in [-0.39, 0.29) is 0 Å². The number of hydrogen-bond donors (Lipinski definition) is 2. The van der Waals surface area contributed by atoms with Crippen LogP contribution in [-0.4, -0.2) is 22.5 Å². The summed E-state index contributed by atoms with van der Waals surface area (Å²) in [5, 5.41) is 11.3. The van der Waals surface area contributed by atoms with Crippen LogP contribution in [0, 0.1) is 0 Å². The Morgan fingerprint density at radius 1 is 1.50 bits per heavy atom. The molecular formula is C11H15NO4. The molecule has 1 aromatic heterocycles. The minimum absolute atomic E-state index is 0.386. The predicted molar refractivity (Wildman–Crippen MR) is 57.3 cm³/mol. The first kappa shape index (κ1) is 12.3. The van der Waals surface area contributed by atoms with Crippen LogP contribution in [-0.2, 0) is 11.2 Å². The lowest BCUT2D eigenvalue weighted by Gasteiger charge is -2.20. The molecule has 88 valence electrons. The van der Waals surface area contributed by atoms with Crippen LogP contribution in [0.5, 0.6) is 0 Å². The van der Waals surface area contributed by atoms with Crippen molar-refractivity contribution in [2.45, 2.75) is 32.7 Å². The third-order valence-electron chi connectivity index (χ3n) is 2.27. The number of rotatable bonds is 4. The molecule has 1 heterocycles. The molecule has 0 bridgehead atoms. The Hall–Kier alpha value is -1.78. The highest BCUT2D eigenvalue weighted by atomic mass is 16.4. The molecule has 1 amide bonds. The summed E-state index contributed by atoms with van der Waals surface area (Å²) < 4.78 is 5.10. The highest BCUT2D eigenvalue weighted by molar-refractivity contribution is 5.98. The first-order valence-corrected chi connectivity index (χ1v) is 5.00. The van der Waals surface area contributed by atoms with E-state index in [2.05, 4.69) is 5.32 Å². The van der Waals surface area contributed by atoms with E-state index in [0.29, 0.717) is 17.7 Å². The van der Waals surface area contributed by atoms with E-state index >= 15 is 0 Å². The molecule has 0 unspecified atom stereocenters. The van der Waals surface area contributed by atoms with Crippen LogP contribution >= 0.6 is 0 Å². The second kappa shape index (κ2) is 4.38. The van der Waals surface area contributed by atoms with Crippen molar-refractivity contribution < 1.29 is 19.1 Å². The fourth-order valence-corrected chi connectivity index (χ4v) is 1.22. The number of amides is 1. The first-order chi connectivity index (χ1) is 7.38. The molecule has 1 rings (SSSR count). The number of furan rings is 1. The van der Waals surface area contributed by atoms with Gasteiger partial charge in [0, 0.05) is 6.42 Å². The third-order valence-corrected chi connectivity index (χ3v) is 2.27. The summed E-state index contributed by atoms with van der Waals surface area (Å²) in [4.78, 5) is 22.6. The van der Waals surface area contributed by atoms with E-state index < -0.39 is 17.4 Å². The van der Waals surface area contributed by atoms with Crippen molar-refractivity contribution in [1.29, 1.82) is 0 Å². The molecule has 0 saturated heterocycles. The Morgan fingerprint density at radius 2 is 2.12 bits per heavy atom. The number of carboxylic acids is 1.